The van der Waals surface area contributed by atoms with Crippen LogP contribution >= 0.6 is 23.8 Å². The van der Waals surface area contributed by atoms with Gasteiger partial charge in [0.15, 0.2) is 28.2 Å². The minimum absolute atomic E-state index is 0.0390. The Balaban J connectivity index is 1.30. The van der Waals surface area contributed by atoms with Crippen molar-refractivity contribution in [3.8, 4) is 23.0 Å². The predicted octanol–water partition coefficient (Wildman–Crippen LogP) is 6.07. The SMILES string of the molecule is COc1cc2c(Oc3ccc(N(/N=C/c4ccc(F)cc4Cl)C(N)=S)cc3F)ccnc2cc1OCCCN1CCN(C)CC1. The molecule has 45 heavy (non-hydrogen) atoms. The Kier molecular flexibility index (Phi) is 10.6. The molecule has 236 valence electrons. The molecule has 2 N–H and O–H groups in total. The molecule has 9 nitrogen and oxygen atoms in total. The zero-order valence-corrected chi connectivity index (χ0v) is 26.5. The number of nitrogens with two attached hydrogens (primary N) is 1. The highest BCUT2D eigenvalue weighted by Gasteiger charge is 2.17. The molecule has 13 heteroatoms. The third-order valence-electron chi connectivity index (χ3n) is 7.32. The third-order valence-corrected chi connectivity index (χ3v) is 7.82. The average molecular weight is 655 g/mol. The quantitative estimate of drug-likeness (QED) is 0.0896. The van der Waals surface area contributed by atoms with E-state index in [0.717, 1.165) is 50.2 Å². The van der Waals surface area contributed by atoms with Crippen LogP contribution in [0.25, 0.3) is 10.9 Å². The molecule has 2 heterocycles. The summed E-state index contributed by atoms with van der Waals surface area (Å²) in [4.78, 5) is 9.23. The summed E-state index contributed by atoms with van der Waals surface area (Å²) in [5.41, 5.74) is 7.13. The second-order valence-corrected chi connectivity index (χ2v) is 11.3. The summed E-state index contributed by atoms with van der Waals surface area (Å²) >= 11 is 11.2. The number of anilines is 1. The molecule has 1 fully saturated rings. The lowest BCUT2D eigenvalue weighted by atomic mass is 10.1. The van der Waals surface area contributed by atoms with Gasteiger partial charge in [-0.1, -0.05) is 11.6 Å². The minimum Gasteiger partial charge on any atom is -0.493 e. The number of piperazine rings is 1. The van der Waals surface area contributed by atoms with Crippen LogP contribution in [0.3, 0.4) is 0 Å². The van der Waals surface area contributed by atoms with E-state index < -0.39 is 11.6 Å². The summed E-state index contributed by atoms with van der Waals surface area (Å²) in [6.45, 7) is 5.77. The van der Waals surface area contributed by atoms with Crippen LogP contribution in [-0.4, -0.2) is 79.6 Å². The molecule has 0 atom stereocenters. The Hall–Kier alpha value is -4.10. The highest BCUT2D eigenvalue weighted by atomic mass is 35.5. The number of nitrogens with zero attached hydrogens (tertiary/aromatic N) is 5. The molecule has 0 radical (unpaired) electrons. The second-order valence-electron chi connectivity index (χ2n) is 10.5. The summed E-state index contributed by atoms with van der Waals surface area (Å²) in [6.07, 6.45) is 3.82. The van der Waals surface area contributed by atoms with Gasteiger partial charge in [0, 0.05) is 62.0 Å². The summed E-state index contributed by atoms with van der Waals surface area (Å²) in [5.74, 6) is 0.263. The maximum Gasteiger partial charge on any atom is 0.191 e. The Morgan fingerprint density at radius 1 is 1.04 bits per heavy atom. The van der Waals surface area contributed by atoms with E-state index in [1.165, 1.54) is 30.5 Å². The number of rotatable bonds is 11. The van der Waals surface area contributed by atoms with E-state index in [-0.39, 0.29) is 21.6 Å². The molecule has 0 bridgehead atoms. The third kappa shape index (κ3) is 8.14. The zero-order valence-electron chi connectivity index (χ0n) is 24.9. The van der Waals surface area contributed by atoms with Crippen molar-refractivity contribution in [1.29, 1.82) is 0 Å². The molecule has 5 rings (SSSR count). The van der Waals surface area contributed by atoms with Gasteiger partial charge in [-0.05, 0) is 68.2 Å². The van der Waals surface area contributed by atoms with E-state index >= 15 is 4.39 Å². The normalized spacial score (nSPS) is 14.2. The molecule has 0 unspecified atom stereocenters. The molecule has 1 aliphatic rings. The van der Waals surface area contributed by atoms with Gasteiger partial charge in [0.25, 0.3) is 0 Å². The van der Waals surface area contributed by atoms with Crippen molar-refractivity contribution in [3.63, 3.8) is 0 Å². The summed E-state index contributed by atoms with van der Waals surface area (Å²) in [7, 11) is 3.71. The van der Waals surface area contributed by atoms with Crippen LogP contribution in [-0.2, 0) is 0 Å². The van der Waals surface area contributed by atoms with E-state index in [1.807, 2.05) is 0 Å². The monoisotopic (exact) mass is 654 g/mol. The molecule has 1 aromatic heterocycles. The van der Waals surface area contributed by atoms with Crippen LogP contribution in [0.5, 0.6) is 23.0 Å². The van der Waals surface area contributed by atoms with Crippen LogP contribution in [0.2, 0.25) is 5.02 Å². The molecule has 0 spiro atoms. The number of benzene rings is 3. The number of aromatic nitrogens is 1. The van der Waals surface area contributed by atoms with Gasteiger partial charge in [-0.25, -0.2) is 13.8 Å². The maximum absolute atomic E-state index is 15.4. The van der Waals surface area contributed by atoms with Crippen molar-refractivity contribution in [1.82, 2.24) is 14.8 Å². The van der Waals surface area contributed by atoms with Gasteiger partial charge in [0.1, 0.15) is 11.6 Å². The smallest absolute Gasteiger partial charge is 0.191 e. The number of hydrogen-bond donors (Lipinski definition) is 1. The van der Waals surface area contributed by atoms with Crippen molar-refractivity contribution in [2.75, 3.05) is 58.5 Å². The van der Waals surface area contributed by atoms with E-state index in [0.29, 0.717) is 40.3 Å². The maximum atomic E-state index is 15.4. The van der Waals surface area contributed by atoms with Gasteiger partial charge in [-0.3, -0.25) is 4.98 Å². The van der Waals surface area contributed by atoms with E-state index in [1.54, 1.807) is 37.6 Å². The molecule has 0 amide bonds. The first kappa shape index (κ1) is 32.3. The predicted molar refractivity (Wildman–Crippen MR) is 177 cm³/mol. The number of thiocarbonyl (C=S) groups is 1. The van der Waals surface area contributed by atoms with Gasteiger partial charge in [-0.15, -0.1) is 0 Å². The van der Waals surface area contributed by atoms with E-state index in [4.69, 9.17) is 43.8 Å². The Morgan fingerprint density at radius 2 is 1.84 bits per heavy atom. The molecule has 4 aromatic rings. The number of likely N-dealkylation sites (N-methyl/N-ethyl adjacent to an activating group) is 1. The number of hydrazone groups is 1. The second kappa shape index (κ2) is 14.8. The van der Waals surface area contributed by atoms with E-state index in [2.05, 4.69) is 26.9 Å². The van der Waals surface area contributed by atoms with Crippen molar-refractivity contribution in [3.05, 3.63) is 83.0 Å². The number of ether oxygens (including phenoxy) is 3. The Bertz CT molecular complexity index is 1700. The molecule has 0 saturated carbocycles. The number of fused-ring (bicyclic) bond motifs is 1. The summed E-state index contributed by atoms with van der Waals surface area (Å²) < 4.78 is 46.4. The summed E-state index contributed by atoms with van der Waals surface area (Å²) in [6, 6.07) is 13.2. The van der Waals surface area contributed by atoms with E-state index in [9.17, 15) is 4.39 Å². The minimum atomic E-state index is -0.680. The first-order chi connectivity index (χ1) is 21.7. The Morgan fingerprint density at radius 3 is 2.56 bits per heavy atom. The lowest BCUT2D eigenvalue weighted by Crippen LogP contribution is -2.44. The lowest BCUT2D eigenvalue weighted by Gasteiger charge is -2.32. The van der Waals surface area contributed by atoms with Crippen molar-refractivity contribution in [2.45, 2.75) is 6.42 Å². The summed E-state index contributed by atoms with van der Waals surface area (Å²) in [5, 5.41) is 6.01. The van der Waals surface area contributed by atoms with Gasteiger partial charge in [0.2, 0.25) is 0 Å². The van der Waals surface area contributed by atoms with Gasteiger partial charge in [-0.2, -0.15) is 5.10 Å². The molecular formula is C32H33ClF2N6O3S. The number of hydrogen-bond acceptors (Lipinski definition) is 8. The first-order valence-corrected chi connectivity index (χ1v) is 15.1. The van der Waals surface area contributed by atoms with Crippen molar-refractivity contribution < 1.29 is 23.0 Å². The van der Waals surface area contributed by atoms with Crippen LogP contribution < -0.4 is 25.0 Å². The number of methoxy groups -OCH3 is 1. The molecule has 1 aliphatic heterocycles. The van der Waals surface area contributed by atoms with Crippen molar-refractivity contribution >= 4 is 51.7 Å². The van der Waals surface area contributed by atoms with Crippen molar-refractivity contribution in [2.24, 2.45) is 10.8 Å². The Labute approximate surface area is 270 Å². The topological polar surface area (TPSA) is 88.7 Å². The van der Waals surface area contributed by atoms with Crippen LogP contribution in [0.1, 0.15) is 12.0 Å². The zero-order chi connectivity index (χ0) is 31.9. The average Bonchev–Trinajstić information content (AvgIpc) is 3.02. The van der Waals surface area contributed by atoms with Gasteiger partial charge < -0.3 is 29.7 Å². The highest BCUT2D eigenvalue weighted by Crippen LogP contribution is 2.38. The molecule has 3 aromatic carbocycles. The van der Waals surface area contributed by atoms with Gasteiger partial charge >= 0.3 is 0 Å². The standard InChI is InChI=1S/C32H33ClF2N6O3S/c1-39-11-13-40(14-12-39)10-3-15-43-31-19-27-24(18-30(31)42-2)28(8-9-37-27)44-29-7-6-23(17-26(29)35)41(32(36)45)38-20-21-4-5-22(34)16-25(21)33/h4-9,16-20H,3,10-15H2,1-2H3,(H2,36,45)/b38-20+. The lowest BCUT2D eigenvalue weighted by molar-refractivity contribution is 0.145. The van der Waals surface area contributed by atoms with Crippen LogP contribution in [0.4, 0.5) is 14.5 Å². The number of halogens is 3. The van der Waals surface area contributed by atoms with Crippen LogP contribution in [0, 0.1) is 11.6 Å². The molecular weight excluding hydrogens is 622 g/mol. The first-order valence-electron chi connectivity index (χ1n) is 14.3. The largest absolute Gasteiger partial charge is 0.493 e. The fourth-order valence-electron chi connectivity index (χ4n) is 4.83. The highest BCUT2D eigenvalue weighted by molar-refractivity contribution is 7.80. The fraction of sp³-hybridized carbons (Fsp3) is 0.281. The van der Waals surface area contributed by atoms with Gasteiger partial charge in [0.05, 0.1) is 36.2 Å². The molecule has 1 saturated heterocycles. The van der Waals surface area contributed by atoms with Crippen LogP contribution in [0.15, 0.2) is 65.9 Å². The molecule has 0 aliphatic carbocycles. The fourth-order valence-corrected chi connectivity index (χ4v) is 5.20. The number of pyridine rings is 1.